The third-order valence-electron chi connectivity index (χ3n) is 5.75. The molecular formula is C25H33N5O2. The van der Waals surface area contributed by atoms with Gasteiger partial charge in [0.15, 0.2) is 0 Å². The topological polar surface area (TPSA) is 93.2 Å². The Hall–Kier alpha value is -3.03. The molecule has 0 radical (unpaired) electrons. The lowest BCUT2D eigenvalue weighted by Gasteiger charge is -2.37. The van der Waals surface area contributed by atoms with Gasteiger partial charge in [0.2, 0.25) is 5.91 Å². The van der Waals surface area contributed by atoms with Crippen LogP contribution in [0.1, 0.15) is 44.6 Å². The summed E-state index contributed by atoms with van der Waals surface area (Å²) in [5.41, 5.74) is 7.24. The number of carbonyl (C=O) groups excluding carboxylic acids is 1. The summed E-state index contributed by atoms with van der Waals surface area (Å²) in [4.78, 5) is 32.3. The molecule has 7 heteroatoms. The van der Waals surface area contributed by atoms with Crippen LogP contribution in [0.4, 0.5) is 0 Å². The van der Waals surface area contributed by atoms with Crippen LogP contribution in [-0.2, 0) is 11.3 Å². The van der Waals surface area contributed by atoms with Crippen LogP contribution >= 0.6 is 0 Å². The van der Waals surface area contributed by atoms with Crippen molar-refractivity contribution in [3.05, 3.63) is 76.3 Å². The number of nitrogens with two attached hydrogens (primary N) is 1. The van der Waals surface area contributed by atoms with E-state index in [2.05, 4.69) is 17.1 Å². The maximum Gasteiger partial charge on any atom is 0.261 e. The zero-order valence-electron chi connectivity index (χ0n) is 19.1. The lowest BCUT2D eigenvalue weighted by atomic mass is 10.1. The van der Waals surface area contributed by atoms with Gasteiger partial charge in [-0.25, -0.2) is 4.98 Å². The van der Waals surface area contributed by atoms with Crippen molar-refractivity contribution in [3.63, 3.8) is 0 Å². The van der Waals surface area contributed by atoms with Crippen molar-refractivity contribution < 1.29 is 4.79 Å². The Kier molecular flexibility index (Phi) is 8.14. The number of benzene rings is 2. The SMILES string of the molecule is CC.CCC(c1nc2ccccc2c(=O)n1Cc1ccccc1)N1CCNC(C(N)=O)C1. The molecule has 1 fully saturated rings. The van der Waals surface area contributed by atoms with Gasteiger partial charge >= 0.3 is 0 Å². The highest BCUT2D eigenvalue weighted by Gasteiger charge is 2.31. The molecule has 0 aliphatic carbocycles. The standard InChI is InChI=1S/C23H27N5O2.C2H6/c1-2-20(27-13-12-25-19(15-27)21(24)29)22-26-18-11-7-6-10-17(18)23(30)28(22)14-16-8-4-3-5-9-16;1-2/h3-11,19-20,25H,2,12-15H2,1H3,(H2,24,29);1-2H3. The largest absolute Gasteiger partial charge is 0.368 e. The van der Waals surface area contributed by atoms with E-state index in [1.165, 1.54) is 0 Å². The Morgan fingerprint density at radius 1 is 1.16 bits per heavy atom. The zero-order valence-corrected chi connectivity index (χ0v) is 19.1. The highest BCUT2D eigenvalue weighted by molar-refractivity contribution is 5.80. The number of para-hydroxylation sites is 1. The molecule has 1 aliphatic rings. The Morgan fingerprint density at radius 3 is 2.53 bits per heavy atom. The molecule has 2 unspecified atom stereocenters. The molecular weight excluding hydrogens is 402 g/mol. The highest BCUT2D eigenvalue weighted by Crippen LogP contribution is 2.25. The maximum absolute atomic E-state index is 13.4. The molecule has 4 rings (SSSR count). The molecule has 1 amide bonds. The van der Waals surface area contributed by atoms with Gasteiger partial charge in [-0.2, -0.15) is 0 Å². The maximum atomic E-state index is 13.4. The lowest BCUT2D eigenvalue weighted by molar-refractivity contribution is -0.121. The fourth-order valence-electron chi connectivity index (χ4n) is 4.21. The van der Waals surface area contributed by atoms with E-state index in [4.69, 9.17) is 10.7 Å². The monoisotopic (exact) mass is 435 g/mol. The van der Waals surface area contributed by atoms with Crippen molar-refractivity contribution >= 4 is 16.8 Å². The van der Waals surface area contributed by atoms with Gasteiger partial charge in [-0.15, -0.1) is 0 Å². The van der Waals surface area contributed by atoms with Crippen molar-refractivity contribution in [1.82, 2.24) is 19.8 Å². The van der Waals surface area contributed by atoms with Crippen molar-refractivity contribution in [2.24, 2.45) is 5.73 Å². The number of aromatic nitrogens is 2. The summed E-state index contributed by atoms with van der Waals surface area (Å²) >= 11 is 0. The van der Waals surface area contributed by atoms with E-state index >= 15 is 0 Å². The molecule has 170 valence electrons. The quantitative estimate of drug-likeness (QED) is 0.621. The predicted molar refractivity (Wildman–Crippen MR) is 128 cm³/mol. The van der Waals surface area contributed by atoms with Gasteiger partial charge < -0.3 is 11.1 Å². The predicted octanol–water partition coefficient (Wildman–Crippen LogP) is 2.68. The van der Waals surface area contributed by atoms with Crippen molar-refractivity contribution in [2.75, 3.05) is 19.6 Å². The van der Waals surface area contributed by atoms with Gasteiger partial charge in [0.1, 0.15) is 5.82 Å². The number of piperazine rings is 1. The number of hydrogen-bond donors (Lipinski definition) is 2. The van der Waals surface area contributed by atoms with Gasteiger partial charge in [-0.3, -0.25) is 19.1 Å². The number of primary amides is 1. The zero-order chi connectivity index (χ0) is 23.1. The van der Waals surface area contributed by atoms with Gasteiger partial charge in [0.25, 0.3) is 5.56 Å². The minimum absolute atomic E-state index is 0.0421. The van der Waals surface area contributed by atoms with Crippen LogP contribution in [0.2, 0.25) is 0 Å². The Bertz CT molecular complexity index is 1100. The summed E-state index contributed by atoms with van der Waals surface area (Å²) in [6.45, 7) is 8.47. The Morgan fingerprint density at radius 2 is 1.84 bits per heavy atom. The molecule has 1 aromatic heterocycles. The van der Waals surface area contributed by atoms with Crippen LogP contribution in [0.3, 0.4) is 0 Å². The van der Waals surface area contributed by atoms with Crippen molar-refractivity contribution in [2.45, 2.75) is 45.8 Å². The molecule has 0 saturated carbocycles. The summed E-state index contributed by atoms with van der Waals surface area (Å²) in [5, 5.41) is 3.78. The third-order valence-corrected chi connectivity index (χ3v) is 5.75. The fourth-order valence-corrected chi connectivity index (χ4v) is 4.21. The second-order valence-corrected chi connectivity index (χ2v) is 7.69. The minimum atomic E-state index is -0.400. The summed E-state index contributed by atoms with van der Waals surface area (Å²) in [5.74, 6) is 0.373. The van der Waals surface area contributed by atoms with Crippen LogP contribution < -0.4 is 16.6 Å². The van der Waals surface area contributed by atoms with E-state index in [-0.39, 0.29) is 17.5 Å². The van der Waals surface area contributed by atoms with E-state index in [1.54, 1.807) is 4.57 Å². The minimum Gasteiger partial charge on any atom is -0.368 e. The van der Waals surface area contributed by atoms with E-state index in [0.717, 1.165) is 24.4 Å². The molecule has 0 bridgehead atoms. The number of fused-ring (bicyclic) bond motifs is 1. The summed E-state index contributed by atoms with van der Waals surface area (Å²) in [6, 6.07) is 16.9. The van der Waals surface area contributed by atoms with E-state index in [0.29, 0.717) is 30.5 Å². The number of rotatable bonds is 6. The van der Waals surface area contributed by atoms with Gasteiger partial charge in [-0.1, -0.05) is 63.2 Å². The summed E-state index contributed by atoms with van der Waals surface area (Å²) in [7, 11) is 0. The van der Waals surface area contributed by atoms with Crippen molar-refractivity contribution in [3.8, 4) is 0 Å². The number of nitrogens with one attached hydrogen (secondary N) is 1. The van der Waals surface area contributed by atoms with Gasteiger partial charge in [0, 0.05) is 19.6 Å². The summed E-state index contributed by atoms with van der Waals surface area (Å²) < 4.78 is 1.78. The lowest BCUT2D eigenvalue weighted by Crippen LogP contribution is -2.57. The van der Waals surface area contributed by atoms with E-state index < -0.39 is 6.04 Å². The Balaban J connectivity index is 0.00000141. The first-order valence-corrected chi connectivity index (χ1v) is 11.4. The average molecular weight is 436 g/mol. The van der Waals surface area contributed by atoms with Crippen LogP contribution in [0.15, 0.2) is 59.4 Å². The third kappa shape index (κ3) is 5.06. The molecule has 2 atom stereocenters. The molecule has 2 aromatic carbocycles. The number of amides is 1. The molecule has 1 aliphatic heterocycles. The molecule has 3 aromatic rings. The average Bonchev–Trinajstić information content (AvgIpc) is 2.84. The number of hydrogen-bond acceptors (Lipinski definition) is 5. The molecule has 2 heterocycles. The summed E-state index contributed by atoms with van der Waals surface area (Å²) in [6.07, 6.45) is 0.769. The molecule has 1 saturated heterocycles. The Labute approximate surface area is 189 Å². The number of nitrogens with zero attached hydrogens (tertiary/aromatic N) is 3. The molecule has 3 N–H and O–H groups in total. The van der Waals surface area contributed by atoms with E-state index in [9.17, 15) is 9.59 Å². The molecule has 7 nitrogen and oxygen atoms in total. The normalized spacial score (nSPS) is 17.4. The van der Waals surface area contributed by atoms with E-state index in [1.807, 2.05) is 68.4 Å². The second kappa shape index (κ2) is 11.0. The first-order chi connectivity index (χ1) is 15.6. The van der Waals surface area contributed by atoms with Crippen LogP contribution in [0.5, 0.6) is 0 Å². The number of carbonyl (C=O) groups is 1. The van der Waals surface area contributed by atoms with Crippen LogP contribution in [0, 0.1) is 0 Å². The fraction of sp³-hybridized carbons (Fsp3) is 0.400. The smallest absolute Gasteiger partial charge is 0.261 e. The first kappa shape index (κ1) is 23.6. The highest BCUT2D eigenvalue weighted by atomic mass is 16.1. The van der Waals surface area contributed by atoms with Gasteiger partial charge in [0.05, 0.1) is 29.5 Å². The molecule has 0 spiro atoms. The van der Waals surface area contributed by atoms with Gasteiger partial charge in [-0.05, 0) is 24.1 Å². The molecule has 32 heavy (non-hydrogen) atoms. The van der Waals surface area contributed by atoms with Crippen LogP contribution in [-0.4, -0.2) is 46.0 Å². The van der Waals surface area contributed by atoms with Crippen molar-refractivity contribution in [1.29, 1.82) is 0 Å². The first-order valence-electron chi connectivity index (χ1n) is 11.4. The van der Waals surface area contributed by atoms with Crippen LogP contribution in [0.25, 0.3) is 10.9 Å². The second-order valence-electron chi connectivity index (χ2n) is 7.69.